The van der Waals surface area contributed by atoms with Crippen LogP contribution in [0.5, 0.6) is 0 Å². The Morgan fingerprint density at radius 1 is 1.07 bits per heavy atom. The van der Waals surface area contributed by atoms with Gasteiger partial charge in [-0.1, -0.05) is 19.3 Å². The molecule has 2 aliphatic rings. The molecule has 0 radical (unpaired) electrons. The van der Waals surface area contributed by atoms with Gasteiger partial charge in [-0.3, -0.25) is 14.5 Å². The summed E-state index contributed by atoms with van der Waals surface area (Å²) in [5.41, 5.74) is -0.0154. The number of carbonyl (C=O) groups excluding carboxylic acids is 2. The lowest BCUT2D eigenvalue weighted by Crippen LogP contribution is -2.56. The third kappa shape index (κ3) is 5.44. The van der Waals surface area contributed by atoms with E-state index < -0.39 is 0 Å². The standard InChI is InChI=1S/C24H35FN2O2/c1-23(2,3)26-22(29)24(19-7-5-4-6-8-19)13-15-27(16-14-24)17-21(28)18-9-11-20(25)12-10-18/h9-12,19H,4-8,13-17H2,1-3H3,(H,26,29). The molecule has 29 heavy (non-hydrogen) atoms. The number of carbonyl (C=O) groups is 2. The molecule has 160 valence electrons. The van der Waals surface area contributed by atoms with Crippen LogP contribution in [0.1, 0.15) is 76.1 Å². The van der Waals surface area contributed by atoms with E-state index in [0.717, 1.165) is 38.8 Å². The Kier molecular flexibility index (Phi) is 6.77. The van der Waals surface area contributed by atoms with E-state index in [1.54, 1.807) is 12.1 Å². The van der Waals surface area contributed by atoms with E-state index in [0.29, 0.717) is 18.0 Å². The first-order valence-corrected chi connectivity index (χ1v) is 11.0. The van der Waals surface area contributed by atoms with Gasteiger partial charge in [0.1, 0.15) is 5.82 Å². The Morgan fingerprint density at radius 3 is 2.21 bits per heavy atom. The summed E-state index contributed by atoms with van der Waals surface area (Å²) in [6.45, 7) is 7.94. The van der Waals surface area contributed by atoms with E-state index in [9.17, 15) is 14.0 Å². The Balaban J connectivity index is 1.67. The Morgan fingerprint density at radius 2 is 1.66 bits per heavy atom. The van der Waals surface area contributed by atoms with Gasteiger partial charge in [0.05, 0.1) is 12.0 Å². The summed E-state index contributed by atoms with van der Waals surface area (Å²) in [4.78, 5) is 28.1. The number of Topliss-reactive ketones (excluding diaryl/α,β-unsaturated/α-hetero) is 1. The molecule has 1 aromatic rings. The summed E-state index contributed by atoms with van der Waals surface area (Å²) >= 11 is 0. The second kappa shape index (κ2) is 8.95. The highest BCUT2D eigenvalue weighted by Crippen LogP contribution is 2.46. The van der Waals surface area contributed by atoms with Crippen LogP contribution >= 0.6 is 0 Å². The van der Waals surface area contributed by atoms with Crippen molar-refractivity contribution in [2.75, 3.05) is 19.6 Å². The van der Waals surface area contributed by atoms with Crippen molar-refractivity contribution in [3.8, 4) is 0 Å². The van der Waals surface area contributed by atoms with Gasteiger partial charge in [-0.15, -0.1) is 0 Å². The van der Waals surface area contributed by atoms with Crippen LogP contribution in [-0.4, -0.2) is 41.8 Å². The molecule has 0 aromatic heterocycles. The van der Waals surface area contributed by atoms with E-state index in [1.807, 2.05) is 20.8 Å². The highest BCUT2D eigenvalue weighted by Gasteiger charge is 2.48. The number of halogens is 1. The van der Waals surface area contributed by atoms with Crippen LogP contribution in [0, 0.1) is 17.2 Å². The fourth-order valence-corrected chi connectivity index (χ4v) is 4.98. The summed E-state index contributed by atoms with van der Waals surface area (Å²) in [5, 5.41) is 3.25. The summed E-state index contributed by atoms with van der Waals surface area (Å²) in [6, 6.07) is 5.75. The smallest absolute Gasteiger partial charge is 0.226 e. The zero-order valence-corrected chi connectivity index (χ0v) is 18.1. The maximum atomic E-state index is 13.4. The third-order valence-electron chi connectivity index (χ3n) is 6.61. The maximum Gasteiger partial charge on any atom is 0.226 e. The van der Waals surface area contributed by atoms with Gasteiger partial charge in [0, 0.05) is 11.1 Å². The lowest BCUT2D eigenvalue weighted by molar-refractivity contribution is -0.140. The van der Waals surface area contributed by atoms with E-state index in [4.69, 9.17) is 0 Å². The number of benzene rings is 1. The predicted molar refractivity (Wildman–Crippen MR) is 113 cm³/mol. The summed E-state index contributed by atoms with van der Waals surface area (Å²) < 4.78 is 13.1. The molecular weight excluding hydrogens is 367 g/mol. The Hall–Kier alpha value is -1.75. The van der Waals surface area contributed by atoms with Crippen molar-refractivity contribution in [2.24, 2.45) is 11.3 Å². The largest absolute Gasteiger partial charge is 0.351 e. The molecule has 1 saturated heterocycles. The normalized spacial score (nSPS) is 21.0. The monoisotopic (exact) mass is 402 g/mol. The van der Waals surface area contributed by atoms with Crippen molar-refractivity contribution >= 4 is 11.7 Å². The molecule has 0 spiro atoms. The lowest BCUT2D eigenvalue weighted by atomic mass is 9.63. The second-order valence-electron chi connectivity index (χ2n) is 9.90. The molecule has 4 nitrogen and oxygen atoms in total. The van der Waals surface area contributed by atoms with Crippen LogP contribution < -0.4 is 5.32 Å². The van der Waals surface area contributed by atoms with Crippen molar-refractivity contribution in [2.45, 2.75) is 71.3 Å². The Bertz CT molecular complexity index is 709. The van der Waals surface area contributed by atoms with Gasteiger partial charge in [-0.2, -0.15) is 0 Å². The first-order chi connectivity index (χ1) is 13.7. The van der Waals surface area contributed by atoms with E-state index in [2.05, 4.69) is 10.2 Å². The molecule has 1 amide bonds. The van der Waals surface area contributed by atoms with Gasteiger partial charge in [0.2, 0.25) is 5.91 Å². The highest BCUT2D eigenvalue weighted by atomic mass is 19.1. The minimum atomic E-state index is -0.332. The number of ketones is 1. The summed E-state index contributed by atoms with van der Waals surface area (Å²) in [6.07, 6.45) is 7.56. The highest BCUT2D eigenvalue weighted by molar-refractivity contribution is 5.97. The maximum absolute atomic E-state index is 13.4. The number of rotatable bonds is 5. The minimum Gasteiger partial charge on any atom is -0.351 e. The van der Waals surface area contributed by atoms with Gasteiger partial charge in [-0.25, -0.2) is 4.39 Å². The van der Waals surface area contributed by atoms with Crippen molar-refractivity contribution in [1.29, 1.82) is 0 Å². The van der Waals surface area contributed by atoms with Gasteiger partial charge < -0.3 is 5.32 Å². The predicted octanol–water partition coefficient (Wildman–Crippen LogP) is 4.59. The zero-order valence-electron chi connectivity index (χ0n) is 18.1. The summed E-state index contributed by atoms with van der Waals surface area (Å²) in [7, 11) is 0. The second-order valence-corrected chi connectivity index (χ2v) is 9.90. The van der Waals surface area contributed by atoms with Gasteiger partial charge in [0.15, 0.2) is 5.78 Å². The molecule has 1 saturated carbocycles. The van der Waals surface area contributed by atoms with E-state index in [1.165, 1.54) is 31.4 Å². The molecule has 0 unspecified atom stereocenters. The van der Waals surface area contributed by atoms with Crippen molar-refractivity contribution < 1.29 is 14.0 Å². The van der Waals surface area contributed by atoms with Crippen molar-refractivity contribution in [3.05, 3.63) is 35.6 Å². The zero-order chi connectivity index (χ0) is 21.1. The van der Waals surface area contributed by atoms with Gasteiger partial charge >= 0.3 is 0 Å². The van der Waals surface area contributed by atoms with Crippen LogP contribution in [0.4, 0.5) is 4.39 Å². The molecule has 1 heterocycles. The molecule has 0 atom stereocenters. The number of nitrogens with zero attached hydrogens (tertiary/aromatic N) is 1. The molecule has 0 bridgehead atoms. The molecule has 5 heteroatoms. The quantitative estimate of drug-likeness (QED) is 0.733. The van der Waals surface area contributed by atoms with E-state index in [-0.39, 0.29) is 28.5 Å². The third-order valence-corrected chi connectivity index (χ3v) is 6.61. The summed E-state index contributed by atoms with van der Waals surface area (Å²) in [5.74, 6) is 0.311. The molecule has 1 aromatic carbocycles. The lowest BCUT2D eigenvalue weighted by Gasteiger charge is -2.47. The number of nitrogens with one attached hydrogen (secondary N) is 1. The SMILES string of the molecule is CC(C)(C)NC(=O)C1(C2CCCCC2)CCN(CC(=O)c2ccc(F)cc2)CC1. The minimum absolute atomic E-state index is 0.00862. The van der Waals surface area contributed by atoms with E-state index >= 15 is 0 Å². The van der Waals surface area contributed by atoms with Crippen LogP contribution in [0.25, 0.3) is 0 Å². The number of amides is 1. The average Bonchev–Trinajstić information content (AvgIpc) is 2.68. The number of piperidine rings is 1. The van der Waals surface area contributed by atoms with Gasteiger partial charge in [-0.05, 0) is 89.7 Å². The number of hydrogen-bond acceptors (Lipinski definition) is 3. The first kappa shape index (κ1) is 21.9. The van der Waals surface area contributed by atoms with Crippen molar-refractivity contribution in [3.63, 3.8) is 0 Å². The fourth-order valence-electron chi connectivity index (χ4n) is 4.98. The first-order valence-electron chi connectivity index (χ1n) is 11.0. The molecule has 2 fully saturated rings. The van der Waals surface area contributed by atoms with Crippen LogP contribution in [0.2, 0.25) is 0 Å². The molecule has 1 aliphatic heterocycles. The topological polar surface area (TPSA) is 49.4 Å². The molecular formula is C24H35FN2O2. The van der Waals surface area contributed by atoms with Crippen molar-refractivity contribution in [1.82, 2.24) is 10.2 Å². The van der Waals surface area contributed by atoms with Crippen LogP contribution in [-0.2, 0) is 4.79 Å². The van der Waals surface area contributed by atoms with Crippen LogP contribution in [0.3, 0.4) is 0 Å². The molecule has 1 N–H and O–H groups in total. The fraction of sp³-hybridized carbons (Fsp3) is 0.667. The van der Waals surface area contributed by atoms with Gasteiger partial charge in [0.25, 0.3) is 0 Å². The average molecular weight is 403 g/mol. The van der Waals surface area contributed by atoms with Crippen LogP contribution in [0.15, 0.2) is 24.3 Å². The molecule has 1 aliphatic carbocycles. The number of likely N-dealkylation sites (tertiary alicyclic amines) is 1. The number of hydrogen-bond donors (Lipinski definition) is 1. The Labute approximate surface area is 174 Å². The molecule has 3 rings (SSSR count).